The third-order valence-electron chi connectivity index (χ3n) is 7.25. The molecular weight excluding hydrogens is 533 g/mol. The number of nitrogens with one attached hydrogen (secondary N) is 2. The number of carbonyl (C=O) groups excluding carboxylic acids is 1. The molecule has 2 N–H and O–H groups in total. The van der Waals surface area contributed by atoms with Gasteiger partial charge in [0, 0.05) is 41.4 Å². The van der Waals surface area contributed by atoms with Crippen LogP contribution in [0.1, 0.15) is 42.0 Å². The van der Waals surface area contributed by atoms with Gasteiger partial charge < -0.3 is 20.1 Å². The van der Waals surface area contributed by atoms with Crippen molar-refractivity contribution < 1.29 is 18.7 Å². The average Bonchev–Trinajstić information content (AvgIpc) is 2.93. The highest BCUT2D eigenvalue weighted by molar-refractivity contribution is 6.30. The maximum absolute atomic E-state index is 14.1. The molecule has 3 aromatic rings. The van der Waals surface area contributed by atoms with Gasteiger partial charge in [0.2, 0.25) is 11.8 Å². The highest BCUT2D eigenvalue weighted by Gasteiger charge is 2.24. The minimum atomic E-state index is -0.409. The van der Waals surface area contributed by atoms with Crippen LogP contribution in [-0.2, 0) is 16.1 Å². The van der Waals surface area contributed by atoms with E-state index in [9.17, 15) is 14.4 Å². The van der Waals surface area contributed by atoms with Crippen LogP contribution in [0.25, 0.3) is 0 Å². The quantitative estimate of drug-likeness (QED) is 0.343. The van der Waals surface area contributed by atoms with Gasteiger partial charge in [-0.25, -0.2) is 9.37 Å². The number of rotatable bonds is 10. The molecule has 3 heterocycles. The Balaban J connectivity index is 1.12. The Morgan fingerprint density at radius 1 is 1.15 bits per heavy atom. The van der Waals surface area contributed by atoms with Crippen molar-refractivity contribution in [1.29, 1.82) is 5.26 Å². The summed E-state index contributed by atoms with van der Waals surface area (Å²) in [7, 11) is 0. The maximum atomic E-state index is 14.1. The summed E-state index contributed by atoms with van der Waals surface area (Å²) in [6.07, 6.45) is 2.90. The fourth-order valence-corrected chi connectivity index (χ4v) is 5.01. The van der Waals surface area contributed by atoms with Crippen molar-refractivity contribution in [2.75, 3.05) is 43.4 Å². The maximum Gasteiger partial charge on any atom is 0.238 e. The van der Waals surface area contributed by atoms with Crippen LogP contribution >= 0.6 is 11.6 Å². The predicted octanol–water partition coefficient (Wildman–Crippen LogP) is 5.34. The average molecular weight is 564 g/mol. The van der Waals surface area contributed by atoms with Gasteiger partial charge in [-0.1, -0.05) is 23.7 Å². The lowest BCUT2D eigenvalue weighted by atomic mass is 9.93. The number of pyridine rings is 1. The van der Waals surface area contributed by atoms with Crippen LogP contribution < -0.4 is 15.4 Å². The van der Waals surface area contributed by atoms with Crippen LogP contribution in [0.15, 0.2) is 54.6 Å². The third kappa shape index (κ3) is 7.27. The van der Waals surface area contributed by atoms with Gasteiger partial charge in [-0.05, 0) is 68.8 Å². The first-order valence-electron chi connectivity index (χ1n) is 13.4. The summed E-state index contributed by atoms with van der Waals surface area (Å²) < 4.78 is 25.3. The largest absolute Gasteiger partial charge is 0.473 e. The molecule has 2 aromatic carbocycles. The fourth-order valence-electron chi connectivity index (χ4n) is 4.85. The minimum Gasteiger partial charge on any atom is -0.473 e. The monoisotopic (exact) mass is 563 g/mol. The molecular formula is C30H31ClFN5O3. The Hall–Kier alpha value is -3.71. The number of hydrogen-bond donors (Lipinski definition) is 2. The Kier molecular flexibility index (Phi) is 9.12. The van der Waals surface area contributed by atoms with Crippen molar-refractivity contribution in [2.45, 2.75) is 37.9 Å². The molecule has 1 amide bonds. The fraction of sp³-hybridized carbons (Fsp3) is 0.367. The van der Waals surface area contributed by atoms with Gasteiger partial charge >= 0.3 is 0 Å². The third-order valence-corrected chi connectivity index (χ3v) is 7.48. The zero-order chi connectivity index (χ0) is 27.9. The molecule has 2 aliphatic heterocycles. The summed E-state index contributed by atoms with van der Waals surface area (Å²) in [5.74, 6) is 0.154. The number of aromatic nitrogens is 1. The molecule has 0 unspecified atom stereocenters. The summed E-state index contributed by atoms with van der Waals surface area (Å²) in [5.41, 5.74) is 3.19. The van der Waals surface area contributed by atoms with E-state index in [2.05, 4.69) is 26.6 Å². The molecule has 5 rings (SSSR count). The number of nitrogens with zero attached hydrogens (tertiary/aromatic N) is 3. The first kappa shape index (κ1) is 27.8. The first-order chi connectivity index (χ1) is 19.5. The highest BCUT2D eigenvalue weighted by atomic mass is 35.5. The number of amides is 1. The summed E-state index contributed by atoms with van der Waals surface area (Å²) >= 11 is 5.82. The number of likely N-dealkylation sites (tertiary alicyclic amines) is 1. The molecule has 8 nitrogen and oxygen atoms in total. The normalized spacial score (nSPS) is 17.5. The second-order valence-electron chi connectivity index (χ2n) is 10.1. The van der Waals surface area contributed by atoms with Crippen molar-refractivity contribution in [1.82, 2.24) is 9.88 Å². The van der Waals surface area contributed by atoms with Gasteiger partial charge in [0.15, 0.2) is 0 Å². The molecule has 2 fully saturated rings. The topological polar surface area (TPSA) is 99.5 Å². The van der Waals surface area contributed by atoms with Crippen molar-refractivity contribution in [3.05, 3.63) is 82.3 Å². The van der Waals surface area contributed by atoms with E-state index < -0.39 is 5.82 Å². The Morgan fingerprint density at radius 2 is 1.98 bits per heavy atom. The van der Waals surface area contributed by atoms with Crippen LogP contribution in [0.5, 0.6) is 5.88 Å². The lowest BCUT2D eigenvalue weighted by Gasteiger charge is -2.31. The first-order valence-corrected chi connectivity index (χ1v) is 13.8. The molecule has 2 saturated heterocycles. The van der Waals surface area contributed by atoms with Crippen LogP contribution in [-0.4, -0.2) is 54.7 Å². The number of piperidine rings is 1. The number of halogens is 2. The lowest BCUT2D eigenvalue weighted by Crippen LogP contribution is -2.39. The van der Waals surface area contributed by atoms with E-state index in [1.807, 2.05) is 18.2 Å². The van der Waals surface area contributed by atoms with Crippen molar-refractivity contribution >= 4 is 28.9 Å². The smallest absolute Gasteiger partial charge is 0.238 e. The van der Waals surface area contributed by atoms with Gasteiger partial charge in [0.25, 0.3) is 0 Å². The molecule has 0 aliphatic carbocycles. The zero-order valence-electron chi connectivity index (χ0n) is 22.0. The highest BCUT2D eigenvalue weighted by Crippen LogP contribution is 2.29. The van der Waals surface area contributed by atoms with E-state index >= 15 is 0 Å². The number of anilines is 2. The molecule has 10 heteroatoms. The molecule has 40 heavy (non-hydrogen) atoms. The second kappa shape index (κ2) is 13.1. The standard InChI is InChI=1S/C30H31ClFN5O3/c31-23-6-5-22(25(32)15-23)19-40-30-3-1-2-26(36-30)21-8-11-37(12-9-21)18-29(38)35-28-14-20(16-33)4-7-27(28)34-17-24-10-13-39-24/h1-7,14-15,21,24,34H,8-13,17-19H2,(H,35,38)/t24-/m0/s1. The van der Waals surface area contributed by atoms with Crippen molar-refractivity contribution in [3.63, 3.8) is 0 Å². The van der Waals surface area contributed by atoms with Crippen LogP contribution in [0.4, 0.5) is 15.8 Å². The van der Waals surface area contributed by atoms with Gasteiger partial charge in [-0.15, -0.1) is 0 Å². The molecule has 0 radical (unpaired) electrons. The van der Waals surface area contributed by atoms with E-state index in [0.29, 0.717) is 34.3 Å². The van der Waals surface area contributed by atoms with E-state index in [1.165, 1.54) is 6.07 Å². The van der Waals surface area contributed by atoms with Crippen molar-refractivity contribution in [3.8, 4) is 11.9 Å². The van der Waals surface area contributed by atoms with E-state index in [4.69, 9.17) is 21.1 Å². The minimum absolute atomic E-state index is 0.0654. The Labute approximate surface area is 238 Å². The van der Waals surface area contributed by atoms with Gasteiger partial charge in [0.05, 0.1) is 35.7 Å². The summed E-state index contributed by atoms with van der Waals surface area (Å²) in [6, 6.07) is 17.5. The van der Waals surface area contributed by atoms with E-state index in [0.717, 1.165) is 50.3 Å². The SMILES string of the molecule is N#Cc1ccc(NC[C@@H]2CCO2)c(NC(=O)CN2CCC(c3cccc(OCc4ccc(Cl)cc4F)n3)CC2)c1. The molecule has 1 atom stereocenters. The van der Waals surface area contributed by atoms with E-state index in [1.54, 1.807) is 30.3 Å². The summed E-state index contributed by atoms with van der Waals surface area (Å²) in [5, 5.41) is 16.0. The molecule has 1 aromatic heterocycles. The Bertz CT molecular complexity index is 1390. The second-order valence-corrected chi connectivity index (χ2v) is 10.5. The zero-order valence-corrected chi connectivity index (χ0v) is 22.8. The molecule has 0 bridgehead atoms. The van der Waals surface area contributed by atoms with Crippen LogP contribution in [0, 0.1) is 17.1 Å². The molecule has 208 valence electrons. The Morgan fingerprint density at radius 3 is 2.70 bits per heavy atom. The van der Waals surface area contributed by atoms with E-state index in [-0.39, 0.29) is 31.1 Å². The summed E-state index contributed by atoms with van der Waals surface area (Å²) in [4.78, 5) is 19.7. The van der Waals surface area contributed by atoms with Gasteiger partial charge in [-0.3, -0.25) is 9.69 Å². The molecule has 0 saturated carbocycles. The molecule has 0 spiro atoms. The predicted molar refractivity (Wildman–Crippen MR) is 151 cm³/mol. The van der Waals surface area contributed by atoms with Crippen LogP contribution in [0.3, 0.4) is 0 Å². The number of hydrogen-bond acceptors (Lipinski definition) is 7. The summed E-state index contributed by atoms with van der Waals surface area (Å²) in [6.45, 7) is 3.27. The van der Waals surface area contributed by atoms with Crippen molar-refractivity contribution in [2.24, 2.45) is 0 Å². The lowest BCUT2D eigenvalue weighted by molar-refractivity contribution is -0.117. The van der Waals surface area contributed by atoms with Gasteiger partial charge in [-0.2, -0.15) is 5.26 Å². The number of carbonyl (C=O) groups is 1. The molecule has 2 aliphatic rings. The van der Waals surface area contributed by atoms with Crippen LogP contribution in [0.2, 0.25) is 5.02 Å². The number of nitriles is 1. The number of benzene rings is 2. The van der Waals surface area contributed by atoms with Gasteiger partial charge in [0.1, 0.15) is 12.4 Å². The number of ether oxygens (including phenoxy) is 2.